The summed E-state index contributed by atoms with van der Waals surface area (Å²) in [5.41, 5.74) is 10.6. The van der Waals surface area contributed by atoms with Crippen LogP contribution in [0.2, 0.25) is 0 Å². The molecule has 0 aromatic carbocycles. The molecule has 0 saturated carbocycles. The van der Waals surface area contributed by atoms with E-state index in [0.717, 1.165) is 32.5 Å². The van der Waals surface area contributed by atoms with Gasteiger partial charge < -0.3 is 16.6 Å². The quantitative estimate of drug-likeness (QED) is 0.409. The Labute approximate surface area is 102 Å². The fourth-order valence-electron chi connectivity index (χ4n) is 2.94. The van der Waals surface area contributed by atoms with Crippen LogP contribution < -0.4 is 11.5 Å². The van der Waals surface area contributed by atoms with Gasteiger partial charge in [-0.2, -0.15) is 0 Å². The lowest BCUT2D eigenvalue weighted by atomic mass is 9.90. The molecule has 0 aromatic heterocycles. The molecular formula is C11H23N5O. The van der Waals surface area contributed by atoms with Gasteiger partial charge in [-0.05, 0) is 19.9 Å². The van der Waals surface area contributed by atoms with E-state index in [0.29, 0.717) is 18.6 Å². The van der Waals surface area contributed by atoms with Gasteiger partial charge in [-0.3, -0.25) is 14.8 Å². The number of piperazine rings is 1. The lowest BCUT2D eigenvalue weighted by Crippen LogP contribution is -2.61. The molecular weight excluding hydrogens is 218 g/mol. The summed E-state index contributed by atoms with van der Waals surface area (Å²) >= 11 is 0. The Kier molecular flexibility index (Phi) is 3.86. The molecule has 2 rings (SSSR count). The van der Waals surface area contributed by atoms with Gasteiger partial charge in [0.15, 0.2) is 5.96 Å². The molecule has 2 saturated heterocycles. The van der Waals surface area contributed by atoms with Crippen molar-refractivity contribution < 1.29 is 5.11 Å². The average Bonchev–Trinajstić information content (AvgIpc) is 2.20. The molecule has 2 fully saturated rings. The summed E-state index contributed by atoms with van der Waals surface area (Å²) in [6, 6.07) is 0.938. The highest BCUT2D eigenvalue weighted by atomic mass is 16.3. The smallest absolute Gasteiger partial charge is 0.185 e. The molecule has 2 atom stereocenters. The Morgan fingerprint density at radius 1 is 1.29 bits per heavy atom. The van der Waals surface area contributed by atoms with E-state index in [1.54, 1.807) is 0 Å². The zero-order valence-electron chi connectivity index (χ0n) is 10.4. The number of fused-ring (bicyclic) bond motifs is 2. The summed E-state index contributed by atoms with van der Waals surface area (Å²) in [5.74, 6) is 0.162. The summed E-state index contributed by atoms with van der Waals surface area (Å²) in [6.45, 7) is 3.57. The molecule has 2 bridgehead atoms. The van der Waals surface area contributed by atoms with Gasteiger partial charge in [0.2, 0.25) is 0 Å². The predicted octanol–water partition coefficient (Wildman–Crippen LogP) is -1.60. The van der Waals surface area contributed by atoms with Crippen LogP contribution in [-0.2, 0) is 0 Å². The van der Waals surface area contributed by atoms with E-state index in [1.165, 1.54) is 0 Å². The van der Waals surface area contributed by atoms with Crippen molar-refractivity contribution in [2.75, 3.05) is 33.2 Å². The first-order valence-corrected chi connectivity index (χ1v) is 6.24. The third-order valence-electron chi connectivity index (χ3n) is 3.89. The van der Waals surface area contributed by atoms with Crippen molar-refractivity contribution in [1.82, 2.24) is 9.80 Å². The number of hydrogen-bond donors (Lipinski definition) is 3. The van der Waals surface area contributed by atoms with Crippen LogP contribution in [0, 0.1) is 0 Å². The summed E-state index contributed by atoms with van der Waals surface area (Å²) in [6.07, 6.45) is 1.64. The van der Waals surface area contributed by atoms with Gasteiger partial charge in [0.1, 0.15) is 0 Å². The Morgan fingerprint density at radius 2 is 1.88 bits per heavy atom. The van der Waals surface area contributed by atoms with Crippen LogP contribution in [0.25, 0.3) is 0 Å². The highest BCUT2D eigenvalue weighted by molar-refractivity contribution is 5.75. The molecule has 6 nitrogen and oxygen atoms in total. The van der Waals surface area contributed by atoms with Crippen LogP contribution in [0.15, 0.2) is 4.99 Å². The maximum absolute atomic E-state index is 9.77. The second-order valence-electron chi connectivity index (χ2n) is 5.16. The monoisotopic (exact) mass is 241 g/mol. The van der Waals surface area contributed by atoms with E-state index in [9.17, 15) is 5.11 Å². The van der Waals surface area contributed by atoms with E-state index in [2.05, 4.69) is 21.8 Å². The van der Waals surface area contributed by atoms with Gasteiger partial charge in [0.25, 0.3) is 0 Å². The number of likely N-dealkylation sites (tertiary alicyclic amines) is 1. The van der Waals surface area contributed by atoms with Crippen LogP contribution in [-0.4, -0.2) is 72.3 Å². The second-order valence-corrected chi connectivity index (χ2v) is 5.16. The number of nitrogens with zero attached hydrogens (tertiary/aromatic N) is 3. The summed E-state index contributed by atoms with van der Waals surface area (Å²) in [5, 5.41) is 9.77. The number of piperidine rings is 1. The van der Waals surface area contributed by atoms with Crippen molar-refractivity contribution in [2.45, 2.75) is 31.0 Å². The number of aliphatic imine (C=N–C) groups is 1. The largest absolute Gasteiger partial charge is 0.393 e. The summed E-state index contributed by atoms with van der Waals surface area (Å²) in [7, 11) is 2.16. The van der Waals surface area contributed by atoms with E-state index in [4.69, 9.17) is 11.5 Å². The summed E-state index contributed by atoms with van der Waals surface area (Å²) < 4.78 is 0. The lowest BCUT2D eigenvalue weighted by Gasteiger charge is -2.49. The van der Waals surface area contributed by atoms with Gasteiger partial charge in [0.05, 0.1) is 12.6 Å². The molecule has 0 aliphatic carbocycles. The third kappa shape index (κ3) is 3.08. The molecule has 2 aliphatic rings. The molecule has 2 heterocycles. The van der Waals surface area contributed by atoms with E-state index in [-0.39, 0.29) is 12.1 Å². The highest BCUT2D eigenvalue weighted by Gasteiger charge is 2.38. The lowest BCUT2D eigenvalue weighted by molar-refractivity contribution is -0.0418. The predicted molar refractivity (Wildman–Crippen MR) is 67.7 cm³/mol. The van der Waals surface area contributed by atoms with Gasteiger partial charge in [-0.1, -0.05) is 0 Å². The Bertz CT molecular complexity index is 276. The molecule has 5 N–H and O–H groups in total. The van der Waals surface area contributed by atoms with Crippen molar-refractivity contribution in [3.05, 3.63) is 0 Å². The zero-order valence-corrected chi connectivity index (χ0v) is 10.4. The van der Waals surface area contributed by atoms with Crippen molar-refractivity contribution in [1.29, 1.82) is 0 Å². The first-order chi connectivity index (χ1) is 8.06. The Hall–Kier alpha value is -0.850. The molecule has 98 valence electrons. The zero-order chi connectivity index (χ0) is 12.4. The second kappa shape index (κ2) is 5.20. The fraction of sp³-hybridized carbons (Fsp3) is 0.909. The molecule has 0 spiro atoms. The standard InChI is InChI=1S/C11H23N5O/c1-15-8-4-10(17)5-9(15)7-16(6-8)3-2-14-11(12)13/h8-10,17H,2-7H2,1H3,(H4,12,13,14). The molecule has 6 heteroatoms. The Morgan fingerprint density at radius 3 is 2.41 bits per heavy atom. The van der Waals surface area contributed by atoms with Crippen LogP contribution >= 0.6 is 0 Å². The first-order valence-electron chi connectivity index (χ1n) is 6.24. The minimum atomic E-state index is -0.124. The van der Waals surface area contributed by atoms with Gasteiger partial charge in [-0.25, -0.2) is 0 Å². The first kappa shape index (κ1) is 12.6. The van der Waals surface area contributed by atoms with Crippen LogP contribution in [0.5, 0.6) is 0 Å². The SMILES string of the molecule is CN1C2CC(O)CC1CN(CCN=C(N)N)C2. The normalized spacial score (nSPS) is 34.6. The Balaban J connectivity index is 1.86. The van der Waals surface area contributed by atoms with Crippen LogP contribution in [0.1, 0.15) is 12.8 Å². The molecule has 2 aliphatic heterocycles. The fourth-order valence-corrected chi connectivity index (χ4v) is 2.94. The van der Waals surface area contributed by atoms with Crippen LogP contribution in [0.4, 0.5) is 0 Å². The van der Waals surface area contributed by atoms with Crippen molar-refractivity contribution >= 4 is 5.96 Å². The molecule has 0 aromatic rings. The minimum Gasteiger partial charge on any atom is -0.393 e. The number of guanidine groups is 1. The van der Waals surface area contributed by atoms with E-state index >= 15 is 0 Å². The molecule has 17 heavy (non-hydrogen) atoms. The number of nitrogens with two attached hydrogens (primary N) is 2. The maximum Gasteiger partial charge on any atom is 0.185 e. The molecule has 2 unspecified atom stereocenters. The number of hydrogen-bond acceptors (Lipinski definition) is 4. The number of aliphatic hydroxyl groups is 1. The van der Waals surface area contributed by atoms with Crippen molar-refractivity contribution in [2.24, 2.45) is 16.5 Å². The number of likely N-dealkylation sites (N-methyl/N-ethyl adjacent to an activating group) is 1. The average molecular weight is 241 g/mol. The topological polar surface area (TPSA) is 91.1 Å². The third-order valence-corrected chi connectivity index (χ3v) is 3.89. The van der Waals surface area contributed by atoms with E-state index in [1.807, 2.05) is 0 Å². The van der Waals surface area contributed by atoms with E-state index < -0.39 is 0 Å². The molecule has 0 amide bonds. The van der Waals surface area contributed by atoms with Gasteiger partial charge >= 0.3 is 0 Å². The van der Waals surface area contributed by atoms with Crippen molar-refractivity contribution in [3.63, 3.8) is 0 Å². The van der Waals surface area contributed by atoms with Crippen LogP contribution in [0.3, 0.4) is 0 Å². The van der Waals surface area contributed by atoms with Crippen molar-refractivity contribution in [3.8, 4) is 0 Å². The highest BCUT2D eigenvalue weighted by Crippen LogP contribution is 2.27. The van der Waals surface area contributed by atoms with Gasteiger partial charge in [-0.15, -0.1) is 0 Å². The number of aliphatic hydroxyl groups excluding tert-OH is 1. The maximum atomic E-state index is 9.77. The summed E-state index contributed by atoms with van der Waals surface area (Å²) in [4.78, 5) is 8.82. The number of rotatable bonds is 3. The minimum absolute atomic E-state index is 0.124. The van der Waals surface area contributed by atoms with Gasteiger partial charge in [0, 0.05) is 31.7 Å². The molecule has 0 radical (unpaired) electrons.